The van der Waals surface area contributed by atoms with Crippen LogP contribution in [0.4, 0.5) is 0 Å². The first kappa shape index (κ1) is 9.47. The van der Waals surface area contributed by atoms with Gasteiger partial charge in [0.05, 0.1) is 11.6 Å². The first-order valence-corrected chi connectivity index (χ1v) is 4.73. The Balaban J connectivity index is 2.48. The fourth-order valence-corrected chi connectivity index (χ4v) is 1.50. The smallest absolute Gasteiger partial charge is 0.137 e. The summed E-state index contributed by atoms with van der Waals surface area (Å²) in [5, 5.41) is 8.81. The molecule has 2 aromatic rings. The van der Waals surface area contributed by atoms with Crippen molar-refractivity contribution in [2.75, 3.05) is 0 Å². The number of rotatable bonds is 1. The van der Waals surface area contributed by atoms with Gasteiger partial charge < -0.3 is 4.98 Å². The molecule has 74 valence electrons. The van der Waals surface area contributed by atoms with E-state index in [1.165, 1.54) is 0 Å². The van der Waals surface area contributed by atoms with Crippen molar-refractivity contribution in [3.8, 4) is 17.5 Å². The Bertz CT molecular complexity index is 532. The van der Waals surface area contributed by atoms with E-state index >= 15 is 0 Å². The summed E-state index contributed by atoms with van der Waals surface area (Å²) in [6, 6.07) is 7.85. The molecule has 0 atom stereocenters. The number of hydrogen-bond donors (Lipinski definition) is 1. The standard InChI is InChI=1S/C12H11N3/c1-8-5-10(3-4-11(8)6-13)12-14-7-9(2)15-12/h3-5,7H,1-2H3,(H,14,15). The van der Waals surface area contributed by atoms with Crippen LogP contribution in [0.5, 0.6) is 0 Å². The Kier molecular flexibility index (Phi) is 2.26. The molecule has 1 aromatic carbocycles. The van der Waals surface area contributed by atoms with Crippen LogP contribution in [0.25, 0.3) is 11.4 Å². The van der Waals surface area contributed by atoms with Gasteiger partial charge in [-0.05, 0) is 37.6 Å². The molecule has 3 nitrogen and oxygen atoms in total. The Morgan fingerprint density at radius 1 is 1.33 bits per heavy atom. The third-order valence-electron chi connectivity index (χ3n) is 2.32. The van der Waals surface area contributed by atoms with E-state index in [4.69, 9.17) is 5.26 Å². The van der Waals surface area contributed by atoms with Crippen molar-refractivity contribution in [3.63, 3.8) is 0 Å². The van der Waals surface area contributed by atoms with Gasteiger partial charge in [-0.3, -0.25) is 0 Å². The van der Waals surface area contributed by atoms with Crippen LogP contribution in [0.2, 0.25) is 0 Å². The summed E-state index contributed by atoms with van der Waals surface area (Å²) in [7, 11) is 0. The van der Waals surface area contributed by atoms with Gasteiger partial charge in [0.1, 0.15) is 5.82 Å². The summed E-state index contributed by atoms with van der Waals surface area (Å²) in [5.74, 6) is 0.847. The summed E-state index contributed by atoms with van der Waals surface area (Å²) in [6.45, 7) is 3.89. The van der Waals surface area contributed by atoms with E-state index in [-0.39, 0.29) is 0 Å². The molecule has 0 saturated carbocycles. The Hall–Kier alpha value is -2.08. The monoisotopic (exact) mass is 197 g/mol. The second-order valence-electron chi connectivity index (χ2n) is 3.56. The molecule has 15 heavy (non-hydrogen) atoms. The third-order valence-corrected chi connectivity index (χ3v) is 2.32. The van der Waals surface area contributed by atoms with Crippen LogP contribution in [0.3, 0.4) is 0 Å². The van der Waals surface area contributed by atoms with Crippen LogP contribution in [0, 0.1) is 25.2 Å². The van der Waals surface area contributed by atoms with Gasteiger partial charge in [0.2, 0.25) is 0 Å². The predicted octanol–water partition coefficient (Wildman–Crippen LogP) is 2.57. The van der Waals surface area contributed by atoms with Crippen LogP contribution in [0.15, 0.2) is 24.4 Å². The van der Waals surface area contributed by atoms with Crippen molar-refractivity contribution >= 4 is 0 Å². The lowest BCUT2D eigenvalue weighted by Gasteiger charge is -2.00. The van der Waals surface area contributed by atoms with Gasteiger partial charge in [-0.25, -0.2) is 4.98 Å². The van der Waals surface area contributed by atoms with Crippen molar-refractivity contribution in [2.24, 2.45) is 0 Å². The number of hydrogen-bond acceptors (Lipinski definition) is 2. The number of nitrogens with one attached hydrogen (secondary N) is 1. The number of H-pyrrole nitrogens is 1. The molecule has 0 spiro atoms. The molecule has 3 heteroatoms. The molecule has 1 N–H and O–H groups in total. The minimum absolute atomic E-state index is 0.710. The lowest BCUT2D eigenvalue weighted by molar-refractivity contribution is 1.25. The zero-order chi connectivity index (χ0) is 10.8. The molecule has 0 radical (unpaired) electrons. The first-order chi connectivity index (χ1) is 7.20. The fourth-order valence-electron chi connectivity index (χ4n) is 1.50. The zero-order valence-electron chi connectivity index (χ0n) is 8.70. The lowest BCUT2D eigenvalue weighted by atomic mass is 10.1. The maximum atomic E-state index is 8.81. The number of aromatic amines is 1. The number of aryl methyl sites for hydroxylation is 2. The Morgan fingerprint density at radius 2 is 2.13 bits per heavy atom. The van der Waals surface area contributed by atoms with E-state index in [9.17, 15) is 0 Å². The molecule has 1 aromatic heterocycles. The van der Waals surface area contributed by atoms with Gasteiger partial charge in [0.25, 0.3) is 0 Å². The maximum Gasteiger partial charge on any atom is 0.137 e. The van der Waals surface area contributed by atoms with Crippen molar-refractivity contribution in [1.29, 1.82) is 5.26 Å². The largest absolute Gasteiger partial charge is 0.342 e. The SMILES string of the molecule is Cc1cnc(-c2ccc(C#N)c(C)c2)[nH]1. The summed E-state index contributed by atoms with van der Waals surface area (Å²) in [4.78, 5) is 7.41. The highest BCUT2D eigenvalue weighted by Crippen LogP contribution is 2.19. The summed E-state index contributed by atoms with van der Waals surface area (Å²) in [6.07, 6.45) is 1.79. The minimum atomic E-state index is 0.710. The Labute approximate surface area is 88.4 Å². The molecule has 0 aliphatic heterocycles. The second kappa shape index (κ2) is 3.58. The highest BCUT2D eigenvalue weighted by atomic mass is 14.9. The van der Waals surface area contributed by atoms with Crippen molar-refractivity contribution in [2.45, 2.75) is 13.8 Å². The lowest BCUT2D eigenvalue weighted by Crippen LogP contribution is -1.86. The molecule has 2 rings (SSSR count). The van der Waals surface area contributed by atoms with E-state index in [0.29, 0.717) is 5.56 Å². The minimum Gasteiger partial charge on any atom is -0.342 e. The number of nitrogens with zero attached hydrogens (tertiary/aromatic N) is 2. The van der Waals surface area contributed by atoms with Crippen LogP contribution in [0.1, 0.15) is 16.8 Å². The summed E-state index contributed by atoms with van der Waals surface area (Å²) in [5.41, 5.74) is 3.73. The molecule has 0 aliphatic carbocycles. The van der Waals surface area contributed by atoms with Gasteiger partial charge >= 0.3 is 0 Å². The molecule has 0 aliphatic rings. The fraction of sp³-hybridized carbons (Fsp3) is 0.167. The van der Waals surface area contributed by atoms with E-state index < -0.39 is 0 Å². The highest BCUT2D eigenvalue weighted by Gasteiger charge is 2.03. The van der Waals surface area contributed by atoms with Gasteiger partial charge in [-0.15, -0.1) is 0 Å². The topological polar surface area (TPSA) is 52.5 Å². The number of aromatic nitrogens is 2. The second-order valence-corrected chi connectivity index (χ2v) is 3.56. The molecule has 0 saturated heterocycles. The van der Waals surface area contributed by atoms with E-state index in [1.807, 2.05) is 32.0 Å². The molecule has 0 amide bonds. The van der Waals surface area contributed by atoms with Gasteiger partial charge in [-0.2, -0.15) is 5.26 Å². The van der Waals surface area contributed by atoms with Gasteiger partial charge in [0.15, 0.2) is 0 Å². The molecular weight excluding hydrogens is 186 g/mol. The molecule has 1 heterocycles. The predicted molar refractivity (Wildman–Crippen MR) is 58.2 cm³/mol. The highest BCUT2D eigenvalue weighted by molar-refractivity contribution is 5.59. The maximum absolute atomic E-state index is 8.81. The van der Waals surface area contributed by atoms with E-state index in [2.05, 4.69) is 16.0 Å². The van der Waals surface area contributed by atoms with Crippen molar-refractivity contribution < 1.29 is 0 Å². The Morgan fingerprint density at radius 3 is 2.67 bits per heavy atom. The number of imidazole rings is 1. The molecule has 0 fully saturated rings. The molecule has 0 unspecified atom stereocenters. The summed E-state index contributed by atoms with van der Waals surface area (Å²) >= 11 is 0. The summed E-state index contributed by atoms with van der Waals surface area (Å²) < 4.78 is 0. The van der Waals surface area contributed by atoms with Crippen LogP contribution >= 0.6 is 0 Å². The average Bonchev–Trinajstić information content (AvgIpc) is 2.65. The normalized spacial score (nSPS) is 9.93. The average molecular weight is 197 g/mol. The van der Waals surface area contributed by atoms with Crippen molar-refractivity contribution in [3.05, 3.63) is 41.2 Å². The van der Waals surface area contributed by atoms with Crippen LogP contribution < -0.4 is 0 Å². The van der Waals surface area contributed by atoms with E-state index in [1.54, 1.807) is 6.20 Å². The number of nitriles is 1. The zero-order valence-corrected chi connectivity index (χ0v) is 8.70. The van der Waals surface area contributed by atoms with Crippen molar-refractivity contribution in [1.82, 2.24) is 9.97 Å². The van der Waals surface area contributed by atoms with Crippen LogP contribution in [-0.2, 0) is 0 Å². The molecule has 0 bridgehead atoms. The first-order valence-electron chi connectivity index (χ1n) is 4.73. The van der Waals surface area contributed by atoms with Crippen LogP contribution in [-0.4, -0.2) is 9.97 Å². The molecular formula is C12H11N3. The third kappa shape index (κ3) is 1.75. The van der Waals surface area contributed by atoms with Gasteiger partial charge in [-0.1, -0.05) is 0 Å². The van der Waals surface area contributed by atoms with Gasteiger partial charge in [0, 0.05) is 17.5 Å². The number of benzene rings is 1. The quantitative estimate of drug-likeness (QED) is 0.763. The van der Waals surface area contributed by atoms with E-state index in [0.717, 1.165) is 22.6 Å².